The second-order valence-electron chi connectivity index (χ2n) is 11.2. The van der Waals surface area contributed by atoms with E-state index in [2.05, 4.69) is 151 Å². The molecule has 0 amide bonds. The summed E-state index contributed by atoms with van der Waals surface area (Å²) in [6.07, 6.45) is 0. The van der Waals surface area contributed by atoms with Crippen LogP contribution in [-0.4, -0.2) is 9.55 Å². The van der Waals surface area contributed by atoms with Crippen molar-refractivity contribution < 1.29 is 0 Å². The van der Waals surface area contributed by atoms with Crippen LogP contribution in [0.25, 0.3) is 80.7 Å². The smallest absolute Gasteiger partial charge is 0.111 e. The highest BCUT2D eigenvalue weighted by molar-refractivity contribution is 7.25. The SMILES string of the molecule is Cc1nc2ccccc2n1-c1c2ccccc2c(-c2ccc3sc4ccccc4c3c2)c2cc(-c3ccccc3)ccc12. The largest absolute Gasteiger partial charge is 0.295 e. The van der Waals surface area contributed by atoms with E-state index in [4.69, 9.17) is 4.98 Å². The summed E-state index contributed by atoms with van der Waals surface area (Å²) in [6, 6.07) is 50.8. The number of fused-ring (bicyclic) bond motifs is 6. The molecule has 0 aliphatic rings. The average molecular weight is 567 g/mol. The Morgan fingerprint density at radius 3 is 2.02 bits per heavy atom. The molecule has 0 bridgehead atoms. The zero-order chi connectivity index (χ0) is 28.5. The summed E-state index contributed by atoms with van der Waals surface area (Å²) < 4.78 is 5.00. The Morgan fingerprint density at radius 2 is 1.14 bits per heavy atom. The van der Waals surface area contributed by atoms with Crippen LogP contribution in [-0.2, 0) is 0 Å². The minimum atomic E-state index is 0.985. The summed E-state index contributed by atoms with van der Waals surface area (Å²) in [5.41, 5.74) is 8.25. The van der Waals surface area contributed by atoms with Crippen LogP contribution in [0.1, 0.15) is 5.82 Å². The molecule has 9 aromatic rings. The molecule has 0 saturated carbocycles. The third-order valence-electron chi connectivity index (χ3n) is 8.72. The molecule has 0 fully saturated rings. The third kappa shape index (κ3) is 3.68. The lowest BCUT2D eigenvalue weighted by Gasteiger charge is -2.20. The zero-order valence-corrected chi connectivity index (χ0v) is 24.4. The number of para-hydroxylation sites is 2. The summed E-state index contributed by atoms with van der Waals surface area (Å²) >= 11 is 1.87. The molecular weight excluding hydrogens is 541 g/mol. The zero-order valence-electron chi connectivity index (χ0n) is 23.6. The van der Waals surface area contributed by atoms with Crippen LogP contribution in [0.4, 0.5) is 0 Å². The summed E-state index contributed by atoms with van der Waals surface area (Å²) in [5.74, 6) is 0.985. The maximum atomic E-state index is 4.97. The number of hydrogen-bond acceptors (Lipinski definition) is 2. The number of imidazole rings is 1. The van der Waals surface area contributed by atoms with Gasteiger partial charge < -0.3 is 0 Å². The molecule has 0 saturated heterocycles. The van der Waals surface area contributed by atoms with Crippen LogP contribution in [0.5, 0.6) is 0 Å². The standard InChI is InChI=1S/C40H26N2S/c1-25-41-35-16-8-9-17-36(35)42(25)40-31-15-6-5-14-30(31)39(34-23-27(19-21-32(34)40)26-11-3-2-4-12-26)28-20-22-38-33(24-28)29-13-7-10-18-37(29)43-38/h2-24H,1H3. The molecule has 0 aliphatic heterocycles. The molecule has 202 valence electrons. The van der Waals surface area contributed by atoms with Gasteiger partial charge in [-0.15, -0.1) is 11.3 Å². The molecule has 3 heteroatoms. The van der Waals surface area contributed by atoms with E-state index in [1.165, 1.54) is 69.7 Å². The van der Waals surface area contributed by atoms with Crippen molar-refractivity contribution in [2.24, 2.45) is 0 Å². The van der Waals surface area contributed by atoms with Crippen molar-refractivity contribution in [1.82, 2.24) is 9.55 Å². The highest BCUT2D eigenvalue weighted by atomic mass is 32.1. The Hall–Kier alpha value is -5.25. The highest BCUT2D eigenvalue weighted by Crippen LogP contribution is 2.45. The highest BCUT2D eigenvalue weighted by Gasteiger charge is 2.20. The second kappa shape index (κ2) is 9.38. The number of aromatic nitrogens is 2. The number of rotatable bonds is 3. The molecule has 0 atom stereocenters. The molecule has 2 heterocycles. The van der Waals surface area contributed by atoms with Gasteiger partial charge in [0, 0.05) is 30.9 Å². The lowest BCUT2D eigenvalue weighted by Crippen LogP contribution is -2.01. The summed E-state index contributed by atoms with van der Waals surface area (Å²) in [5, 5.41) is 7.56. The molecule has 2 aromatic heterocycles. The van der Waals surface area contributed by atoms with Crippen LogP contribution < -0.4 is 0 Å². The quantitative estimate of drug-likeness (QED) is 0.195. The van der Waals surface area contributed by atoms with E-state index in [0.29, 0.717) is 0 Å². The van der Waals surface area contributed by atoms with E-state index >= 15 is 0 Å². The van der Waals surface area contributed by atoms with E-state index in [1.807, 2.05) is 11.3 Å². The van der Waals surface area contributed by atoms with Crippen molar-refractivity contribution in [2.45, 2.75) is 6.92 Å². The van der Waals surface area contributed by atoms with Crippen molar-refractivity contribution in [2.75, 3.05) is 0 Å². The van der Waals surface area contributed by atoms with E-state index in [9.17, 15) is 0 Å². The van der Waals surface area contributed by atoms with Gasteiger partial charge in [0.05, 0.1) is 16.7 Å². The van der Waals surface area contributed by atoms with Gasteiger partial charge in [-0.3, -0.25) is 4.57 Å². The van der Waals surface area contributed by atoms with Gasteiger partial charge in [0.2, 0.25) is 0 Å². The summed E-state index contributed by atoms with van der Waals surface area (Å²) in [4.78, 5) is 4.97. The summed E-state index contributed by atoms with van der Waals surface area (Å²) in [6.45, 7) is 2.11. The Labute approximate surface area is 253 Å². The van der Waals surface area contributed by atoms with Gasteiger partial charge in [-0.2, -0.15) is 0 Å². The molecule has 43 heavy (non-hydrogen) atoms. The van der Waals surface area contributed by atoms with Gasteiger partial charge in [0.1, 0.15) is 5.82 Å². The van der Waals surface area contributed by atoms with E-state index < -0.39 is 0 Å². The van der Waals surface area contributed by atoms with Crippen LogP contribution >= 0.6 is 11.3 Å². The van der Waals surface area contributed by atoms with E-state index in [0.717, 1.165) is 16.9 Å². The van der Waals surface area contributed by atoms with Crippen molar-refractivity contribution >= 4 is 64.1 Å². The molecule has 0 spiro atoms. The van der Waals surface area contributed by atoms with Crippen molar-refractivity contribution in [1.29, 1.82) is 0 Å². The second-order valence-corrected chi connectivity index (χ2v) is 12.3. The van der Waals surface area contributed by atoms with E-state index in [1.54, 1.807) is 0 Å². The minimum absolute atomic E-state index is 0.985. The number of hydrogen-bond donors (Lipinski definition) is 0. The predicted molar refractivity (Wildman–Crippen MR) is 185 cm³/mol. The van der Waals surface area contributed by atoms with Crippen LogP contribution in [0.3, 0.4) is 0 Å². The number of aryl methyl sites for hydroxylation is 1. The monoisotopic (exact) mass is 566 g/mol. The summed E-state index contributed by atoms with van der Waals surface area (Å²) in [7, 11) is 0. The number of nitrogens with zero attached hydrogens (tertiary/aromatic N) is 2. The fourth-order valence-corrected chi connectivity index (χ4v) is 7.91. The fraction of sp³-hybridized carbons (Fsp3) is 0.0250. The van der Waals surface area contributed by atoms with Gasteiger partial charge in [-0.05, 0) is 76.3 Å². The molecular formula is C40H26N2S. The van der Waals surface area contributed by atoms with Crippen molar-refractivity contribution in [3.8, 4) is 27.9 Å². The first-order valence-electron chi connectivity index (χ1n) is 14.6. The maximum absolute atomic E-state index is 4.97. The van der Waals surface area contributed by atoms with Gasteiger partial charge in [0.25, 0.3) is 0 Å². The molecule has 0 unspecified atom stereocenters. The molecule has 9 rings (SSSR count). The fourth-order valence-electron chi connectivity index (χ4n) is 6.83. The van der Waals surface area contributed by atoms with Gasteiger partial charge >= 0.3 is 0 Å². The van der Waals surface area contributed by atoms with Crippen LogP contribution in [0.15, 0.2) is 140 Å². The molecule has 0 N–H and O–H groups in total. The Morgan fingerprint density at radius 1 is 0.488 bits per heavy atom. The minimum Gasteiger partial charge on any atom is -0.295 e. The number of benzene rings is 7. The van der Waals surface area contributed by atoms with Gasteiger partial charge in [-0.25, -0.2) is 4.98 Å². The number of thiophene rings is 1. The maximum Gasteiger partial charge on any atom is 0.111 e. The Balaban J connectivity index is 1.45. The Bertz CT molecular complexity index is 2520. The third-order valence-corrected chi connectivity index (χ3v) is 9.87. The predicted octanol–water partition coefficient (Wildman–Crippen LogP) is 11.3. The lowest BCUT2D eigenvalue weighted by atomic mass is 9.88. The Kier molecular flexibility index (Phi) is 5.32. The molecule has 7 aromatic carbocycles. The van der Waals surface area contributed by atoms with Gasteiger partial charge in [0.15, 0.2) is 0 Å². The molecule has 0 radical (unpaired) electrons. The molecule has 0 aliphatic carbocycles. The van der Waals surface area contributed by atoms with E-state index in [-0.39, 0.29) is 0 Å². The van der Waals surface area contributed by atoms with Crippen molar-refractivity contribution in [3.05, 3.63) is 145 Å². The van der Waals surface area contributed by atoms with Crippen LogP contribution in [0.2, 0.25) is 0 Å². The van der Waals surface area contributed by atoms with Crippen LogP contribution in [0, 0.1) is 6.92 Å². The normalized spacial score (nSPS) is 11.8. The first-order chi connectivity index (χ1) is 21.2. The van der Waals surface area contributed by atoms with Gasteiger partial charge in [-0.1, -0.05) is 103 Å². The van der Waals surface area contributed by atoms with Crippen molar-refractivity contribution in [3.63, 3.8) is 0 Å². The lowest BCUT2D eigenvalue weighted by molar-refractivity contribution is 1.02. The first-order valence-corrected chi connectivity index (χ1v) is 15.5. The molecule has 2 nitrogen and oxygen atoms in total. The average Bonchev–Trinajstić information content (AvgIpc) is 3.60. The topological polar surface area (TPSA) is 17.8 Å². The first kappa shape index (κ1) is 24.4.